The van der Waals surface area contributed by atoms with Crippen molar-refractivity contribution in [1.82, 2.24) is 10.6 Å². The molecule has 0 aromatic rings. The number of hydrogen-bond acceptors (Lipinski definition) is 2. The second-order valence-electron chi connectivity index (χ2n) is 3.35. The number of nitrogens with one attached hydrogen (secondary N) is 2. The summed E-state index contributed by atoms with van der Waals surface area (Å²) in [5.41, 5.74) is 0. The lowest BCUT2D eigenvalue weighted by molar-refractivity contribution is 0.129. The Kier molecular flexibility index (Phi) is 10.7. The summed E-state index contributed by atoms with van der Waals surface area (Å²) in [7, 11) is 1.78. The number of aliphatic imine (C=N–C) groups is 1. The van der Waals surface area contributed by atoms with Crippen LogP contribution >= 0.6 is 0 Å². The molecule has 0 heterocycles. The van der Waals surface area contributed by atoms with Crippen molar-refractivity contribution in [3.63, 3.8) is 0 Å². The minimum atomic E-state index is 0.829. The van der Waals surface area contributed by atoms with Crippen LogP contribution < -0.4 is 10.6 Å². The molecule has 0 amide bonds. The molecule has 0 saturated carbocycles. The summed E-state index contributed by atoms with van der Waals surface area (Å²) < 4.78 is 5.45. The number of unbranched alkanes of at least 4 members (excludes halogenated alkanes) is 1. The first kappa shape index (κ1) is 14.2. The van der Waals surface area contributed by atoms with E-state index in [1.165, 1.54) is 6.42 Å². The van der Waals surface area contributed by atoms with Crippen LogP contribution in [-0.4, -0.2) is 39.3 Å². The van der Waals surface area contributed by atoms with Crippen LogP contribution in [0.5, 0.6) is 0 Å². The fraction of sp³-hybridized carbons (Fsp3) is 0.909. The first-order valence-electron chi connectivity index (χ1n) is 5.87. The van der Waals surface area contributed by atoms with E-state index in [0.717, 1.165) is 45.1 Å². The van der Waals surface area contributed by atoms with Gasteiger partial charge in [0.05, 0.1) is 0 Å². The minimum absolute atomic E-state index is 0.829. The van der Waals surface area contributed by atoms with Crippen molar-refractivity contribution < 1.29 is 4.74 Å². The molecule has 0 bridgehead atoms. The van der Waals surface area contributed by atoms with Crippen LogP contribution in [0.15, 0.2) is 4.99 Å². The third-order valence-corrected chi connectivity index (χ3v) is 1.97. The lowest BCUT2D eigenvalue weighted by Gasteiger charge is -2.09. The van der Waals surface area contributed by atoms with Gasteiger partial charge in [0.1, 0.15) is 0 Å². The van der Waals surface area contributed by atoms with Gasteiger partial charge in [-0.3, -0.25) is 4.99 Å². The molecule has 0 radical (unpaired) electrons. The Morgan fingerprint density at radius 3 is 2.47 bits per heavy atom. The molecule has 15 heavy (non-hydrogen) atoms. The van der Waals surface area contributed by atoms with Gasteiger partial charge in [0, 0.05) is 33.4 Å². The molecule has 0 atom stereocenters. The van der Waals surface area contributed by atoms with E-state index in [1.807, 2.05) is 0 Å². The molecule has 0 fully saturated rings. The van der Waals surface area contributed by atoms with E-state index in [2.05, 4.69) is 29.5 Å². The molecule has 0 spiro atoms. The quantitative estimate of drug-likeness (QED) is 0.365. The van der Waals surface area contributed by atoms with Crippen molar-refractivity contribution in [3.8, 4) is 0 Å². The van der Waals surface area contributed by atoms with Gasteiger partial charge in [-0.1, -0.05) is 13.3 Å². The van der Waals surface area contributed by atoms with Gasteiger partial charge in [-0.2, -0.15) is 0 Å². The number of rotatable bonds is 8. The molecule has 0 aliphatic heterocycles. The van der Waals surface area contributed by atoms with Crippen molar-refractivity contribution in [3.05, 3.63) is 0 Å². The zero-order valence-corrected chi connectivity index (χ0v) is 10.3. The summed E-state index contributed by atoms with van der Waals surface area (Å²) in [4.78, 5) is 4.08. The topological polar surface area (TPSA) is 45.6 Å². The van der Waals surface area contributed by atoms with E-state index in [9.17, 15) is 0 Å². The molecule has 0 aliphatic rings. The summed E-state index contributed by atoms with van der Waals surface area (Å²) in [6.45, 7) is 7.75. The molecule has 0 rings (SSSR count). The average Bonchev–Trinajstić information content (AvgIpc) is 2.26. The van der Waals surface area contributed by atoms with Gasteiger partial charge in [-0.15, -0.1) is 0 Å². The molecule has 4 heteroatoms. The standard InChI is InChI=1S/C11H25N3O/c1-4-6-9-15-10-7-8-14-11(12-3)13-5-2/h4-10H2,1-3H3,(H2,12,13,14). The first-order chi connectivity index (χ1) is 7.35. The number of nitrogens with zero attached hydrogens (tertiary/aromatic N) is 1. The average molecular weight is 215 g/mol. The number of guanidine groups is 1. The van der Waals surface area contributed by atoms with Gasteiger partial charge >= 0.3 is 0 Å². The van der Waals surface area contributed by atoms with Gasteiger partial charge in [-0.05, 0) is 19.8 Å². The maximum Gasteiger partial charge on any atom is 0.190 e. The molecular formula is C11H25N3O. The highest BCUT2D eigenvalue weighted by Gasteiger charge is 1.93. The van der Waals surface area contributed by atoms with Crippen molar-refractivity contribution >= 4 is 5.96 Å². The molecule has 0 saturated heterocycles. The SMILES string of the molecule is CCCCOCCCNC(=NC)NCC. The second kappa shape index (κ2) is 11.3. The zero-order valence-electron chi connectivity index (χ0n) is 10.3. The Labute approximate surface area is 93.5 Å². The molecule has 2 N–H and O–H groups in total. The fourth-order valence-electron chi connectivity index (χ4n) is 1.12. The highest BCUT2D eigenvalue weighted by molar-refractivity contribution is 5.79. The van der Waals surface area contributed by atoms with E-state index < -0.39 is 0 Å². The molecule has 90 valence electrons. The van der Waals surface area contributed by atoms with E-state index in [0.29, 0.717) is 0 Å². The van der Waals surface area contributed by atoms with Crippen LogP contribution in [0.2, 0.25) is 0 Å². The monoisotopic (exact) mass is 215 g/mol. The van der Waals surface area contributed by atoms with Crippen LogP contribution in [0.25, 0.3) is 0 Å². The van der Waals surface area contributed by atoms with Gasteiger partial charge in [0.2, 0.25) is 0 Å². The predicted octanol–water partition coefficient (Wildman–Crippen LogP) is 1.38. The van der Waals surface area contributed by atoms with E-state index in [4.69, 9.17) is 4.74 Å². The normalized spacial score (nSPS) is 11.5. The van der Waals surface area contributed by atoms with E-state index >= 15 is 0 Å². The second-order valence-corrected chi connectivity index (χ2v) is 3.35. The minimum Gasteiger partial charge on any atom is -0.381 e. The summed E-state index contributed by atoms with van der Waals surface area (Å²) in [6.07, 6.45) is 3.38. The van der Waals surface area contributed by atoms with Crippen LogP contribution in [0.1, 0.15) is 33.1 Å². The largest absolute Gasteiger partial charge is 0.381 e. The lowest BCUT2D eigenvalue weighted by Crippen LogP contribution is -2.37. The molecule has 0 unspecified atom stereocenters. The molecule has 0 aliphatic carbocycles. The van der Waals surface area contributed by atoms with E-state index in [-0.39, 0.29) is 0 Å². The summed E-state index contributed by atoms with van der Waals surface area (Å²) in [5, 5.41) is 6.36. The first-order valence-corrected chi connectivity index (χ1v) is 5.87. The van der Waals surface area contributed by atoms with Crippen LogP contribution in [0, 0.1) is 0 Å². The maximum atomic E-state index is 5.45. The fourth-order valence-corrected chi connectivity index (χ4v) is 1.12. The summed E-state index contributed by atoms with van der Waals surface area (Å²) >= 11 is 0. The number of ether oxygens (including phenoxy) is 1. The lowest BCUT2D eigenvalue weighted by atomic mass is 10.4. The van der Waals surface area contributed by atoms with Crippen molar-refractivity contribution in [1.29, 1.82) is 0 Å². The third kappa shape index (κ3) is 9.53. The number of hydrogen-bond donors (Lipinski definition) is 2. The van der Waals surface area contributed by atoms with Gasteiger partial charge in [0.15, 0.2) is 5.96 Å². The third-order valence-electron chi connectivity index (χ3n) is 1.97. The molecule has 4 nitrogen and oxygen atoms in total. The summed E-state index contributed by atoms with van der Waals surface area (Å²) in [6, 6.07) is 0. The van der Waals surface area contributed by atoms with Crippen LogP contribution in [0.4, 0.5) is 0 Å². The van der Waals surface area contributed by atoms with Crippen LogP contribution in [-0.2, 0) is 4.74 Å². The Balaban J connectivity index is 3.22. The Hall–Kier alpha value is -0.770. The van der Waals surface area contributed by atoms with Crippen LogP contribution in [0.3, 0.4) is 0 Å². The Bertz CT molecular complexity index is 160. The predicted molar refractivity (Wildman–Crippen MR) is 65.4 cm³/mol. The highest BCUT2D eigenvalue weighted by atomic mass is 16.5. The molecule has 0 aromatic carbocycles. The van der Waals surface area contributed by atoms with Crippen molar-refractivity contribution in [2.24, 2.45) is 4.99 Å². The van der Waals surface area contributed by atoms with Crippen molar-refractivity contribution in [2.75, 3.05) is 33.4 Å². The highest BCUT2D eigenvalue weighted by Crippen LogP contribution is 1.88. The smallest absolute Gasteiger partial charge is 0.190 e. The molecule has 0 aromatic heterocycles. The summed E-state index contributed by atoms with van der Waals surface area (Å²) in [5.74, 6) is 0.867. The van der Waals surface area contributed by atoms with Gasteiger partial charge < -0.3 is 15.4 Å². The van der Waals surface area contributed by atoms with Gasteiger partial charge in [-0.25, -0.2) is 0 Å². The van der Waals surface area contributed by atoms with Crippen molar-refractivity contribution in [2.45, 2.75) is 33.1 Å². The zero-order chi connectivity index (χ0) is 11.4. The van der Waals surface area contributed by atoms with Gasteiger partial charge in [0.25, 0.3) is 0 Å². The molecular weight excluding hydrogens is 190 g/mol. The van der Waals surface area contributed by atoms with E-state index in [1.54, 1.807) is 7.05 Å². The Morgan fingerprint density at radius 1 is 1.13 bits per heavy atom. The Morgan fingerprint density at radius 2 is 1.87 bits per heavy atom. The maximum absolute atomic E-state index is 5.45.